The Morgan fingerprint density at radius 1 is 1.77 bits per heavy atom. The van der Waals surface area contributed by atoms with E-state index in [9.17, 15) is 10.1 Å². The molecule has 2 N–H and O–H groups in total. The molecule has 0 aliphatic carbocycles. The molecule has 1 rings (SSSR count). The molecule has 0 saturated carbocycles. The van der Waals surface area contributed by atoms with E-state index in [1.54, 1.807) is 0 Å². The molecular weight excluding hydrogens is 172 g/mol. The van der Waals surface area contributed by atoms with Gasteiger partial charge in [-0.15, -0.1) is 0 Å². The lowest BCUT2D eigenvalue weighted by atomic mass is 10.3. The second-order valence-corrected chi connectivity index (χ2v) is 2.76. The molecule has 6 heteroatoms. The van der Waals surface area contributed by atoms with Gasteiger partial charge in [-0.2, -0.15) is 4.68 Å². The molecule has 0 aromatic carbocycles. The highest BCUT2D eigenvalue weighted by Gasteiger charge is 2.14. The van der Waals surface area contributed by atoms with E-state index < -0.39 is 4.92 Å². The molecule has 6 nitrogen and oxygen atoms in total. The van der Waals surface area contributed by atoms with Gasteiger partial charge >= 0.3 is 5.82 Å². The van der Waals surface area contributed by atoms with Crippen LogP contribution in [-0.2, 0) is 6.54 Å². The number of nitrogens with zero attached hydrogens (tertiary/aromatic N) is 3. The zero-order chi connectivity index (χ0) is 9.84. The van der Waals surface area contributed by atoms with Gasteiger partial charge in [-0.3, -0.25) is 0 Å². The van der Waals surface area contributed by atoms with Gasteiger partial charge in [0.2, 0.25) is 0 Å². The third kappa shape index (κ3) is 2.17. The van der Waals surface area contributed by atoms with E-state index in [0.29, 0.717) is 12.4 Å². The SMILES string of the molecule is CCCCn1nc([N+](=O)[O-])cc1N. The fourth-order valence-electron chi connectivity index (χ4n) is 0.993. The number of anilines is 1. The molecule has 0 aliphatic rings. The van der Waals surface area contributed by atoms with Crippen LogP contribution in [-0.4, -0.2) is 14.7 Å². The highest BCUT2D eigenvalue weighted by molar-refractivity contribution is 5.37. The average molecular weight is 184 g/mol. The zero-order valence-corrected chi connectivity index (χ0v) is 7.43. The van der Waals surface area contributed by atoms with E-state index in [1.165, 1.54) is 10.7 Å². The van der Waals surface area contributed by atoms with Crippen molar-refractivity contribution in [1.29, 1.82) is 0 Å². The van der Waals surface area contributed by atoms with Crippen LogP contribution in [0.1, 0.15) is 19.8 Å². The molecule has 0 amide bonds. The summed E-state index contributed by atoms with van der Waals surface area (Å²) < 4.78 is 1.46. The van der Waals surface area contributed by atoms with Gasteiger partial charge in [0.05, 0.1) is 17.7 Å². The number of nitrogen functional groups attached to an aromatic ring is 1. The zero-order valence-electron chi connectivity index (χ0n) is 7.43. The summed E-state index contributed by atoms with van der Waals surface area (Å²) >= 11 is 0. The van der Waals surface area contributed by atoms with E-state index in [0.717, 1.165) is 12.8 Å². The highest BCUT2D eigenvalue weighted by Crippen LogP contribution is 2.13. The Bertz CT molecular complexity index is 307. The van der Waals surface area contributed by atoms with Crippen molar-refractivity contribution in [2.24, 2.45) is 0 Å². The van der Waals surface area contributed by atoms with Crippen molar-refractivity contribution < 1.29 is 4.92 Å². The van der Waals surface area contributed by atoms with Crippen LogP contribution in [0.2, 0.25) is 0 Å². The maximum atomic E-state index is 10.3. The summed E-state index contributed by atoms with van der Waals surface area (Å²) in [5.41, 5.74) is 5.52. The van der Waals surface area contributed by atoms with Gasteiger partial charge in [0.25, 0.3) is 0 Å². The summed E-state index contributed by atoms with van der Waals surface area (Å²) in [6.45, 7) is 2.67. The number of aromatic nitrogens is 2. The van der Waals surface area contributed by atoms with Crippen molar-refractivity contribution in [1.82, 2.24) is 9.78 Å². The molecule has 0 atom stereocenters. The van der Waals surface area contributed by atoms with Crippen LogP contribution in [0, 0.1) is 10.1 Å². The molecule has 1 heterocycles. The number of rotatable bonds is 4. The molecule has 13 heavy (non-hydrogen) atoms. The van der Waals surface area contributed by atoms with Gasteiger partial charge < -0.3 is 15.8 Å². The lowest BCUT2D eigenvalue weighted by Gasteiger charge is -1.95. The quantitative estimate of drug-likeness (QED) is 0.562. The van der Waals surface area contributed by atoms with E-state index in [4.69, 9.17) is 5.73 Å². The normalized spacial score (nSPS) is 10.2. The number of nitrogens with two attached hydrogens (primary N) is 1. The smallest absolute Gasteiger partial charge is 0.382 e. The first-order valence-electron chi connectivity index (χ1n) is 4.13. The van der Waals surface area contributed by atoms with Crippen LogP contribution in [0.15, 0.2) is 6.07 Å². The molecule has 0 radical (unpaired) electrons. The van der Waals surface area contributed by atoms with Crippen LogP contribution < -0.4 is 5.73 Å². The third-order valence-electron chi connectivity index (χ3n) is 1.71. The summed E-state index contributed by atoms with van der Waals surface area (Å²) in [5, 5.41) is 14.1. The number of aryl methyl sites for hydroxylation is 1. The first-order valence-corrected chi connectivity index (χ1v) is 4.13. The Morgan fingerprint density at radius 2 is 2.46 bits per heavy atom. The van der Waals surface area contributed by atoms with Crippen molar-refractivity contribution in [2.75, 3.05) is 5.73 Å². The molecule has 0 saturated heterocycles. The van der Waals surface area contributed by atoms with Gasteiger partial charge in [-0.25, -0.2) is 0 Å². The molecule has 72 valence electrons. The van der Waals surface area contributed by atoms with Gasteiger partial charge in [0, 0.05) is 0 Å². The predicted molar refractivity (Wildman–Crippen MR) is 48.2 cm³/mol. The Labute approximate surface area is 75.5 Å². The maximum absolute atomic E-state index is 10.3. The number of hydrogen-bond donors (Lipinski definition) is 1. The minimum absolute atomic E-state index is 0.186. The molecule has 0 unspecified atom stereocenters. The molecule has 0 aliphatic heterocycles. The van der Waals surface area contributed by atoms with Crippen LogP contribution >= 0.6 is 0 Å². The first-order chi connectivity index (χ1) is 6.15. The molecule has 1 aromatic rings. The Morgan fingerprint density at radius 3 is 2.92 bits per heavy atom. The largest absolute Gasteiger partial charge is 0.392 e. The summed E-state index contributed by atoms with van der Waals surface area (Å²) in [6, 6.07) is 1.27. The van der Waals surface area contributed by atoms with Gasteiger partial charge in [-0.05, 0) is 11.3 Å². The number of unbranched alkanes of at least 4 members (excludes halogenated alkanes) is 1. The van der Waals surface area contributed by atoms with Crippen molar-refractivity contribution >= 4 is 11.6 Å². The fraction of sp³-hybridized carbons (Fsp3) is 0.571. The minimum Gasteiger partial charge on any atom is -0.382 e. The topological polar surface area (TPSA) is 87.0 Å². The van der Waals surface area contributed by atoms with Crippen LogP contribution in [0.3, 0.4) is 0 Å². The maximum Gasteiger partial charge on any atom is 0.392 e. The highest BCUT2D eigenvalue weighted by atomic mass is 16.6. The van der Waals surface area contributed by atoms with Crippen molar-refractivity contribution in [3.63, 3.8) is 0 Å². The number of hydrogen-bond acceptors (Lipinski definition) is 4. The second kappa shape index (κ2) is 3.88. The third-order valence-corrected chi connectivity index (χ3v) is 1.71. The van der Waals surface area contributed by atoms with Crippen LogP contribution in [0.25, 0.3) is 0 Å². The second-order valence-electron chi connectivity index (χ2n) is 2.76. The Kier molecular flexibility index (Phi) is 2.84. The van der Waals surface area contributed by atoms with E-state index >= 15 is 0 Å². The standard InChI is InChI=1S/C7H12N4O2/c1-2-3-4-10-6(8)5-7(9-10)11(12)13/h5H,2-4,8H2,1H3. The Hall–Kier alpha value is -1.59. The fourth-order valence-corrected chi connectivity index (χ4v) is 0.993. The van der Waals surface area contributed by atoms with E-state index in [2.05, 4.69) is 5.10 Å². The molecule has 1 aromatic heterocycles. The Balaban J connectivity index is 2.77. The van der Waals surface area contributed by atoms with Crippen LogP contribution in [0.4, 0.5) is 11.6 Å². The van der Waals surface area contributed by atoms with E-state index in [-0.39, 0.29) is 5.82 Å². The summed E-state index contributed by atoms with van der Waals surface area (Å²) in [6.07, 6.45) is 1.93. The van der Waals surface area contributed by atoms with Crippen LogP contribution in [0.5, 0.6) is 0 Å². The van der Waals surface area contributed by atoms with Gasteiger partial charge in [-0.1, -0.05) is 13.3 Å². The van der Waals surface area contributed by atoms with Crippen molar-refractivity contribution in [2.45, 2.75) is 26.3 Å². The lowest BCUT2D eigenvalue weighted by Crippen LogP contribution is -2.04. The summed E-state index contributed by atoms with van der Waals surface area (Å²) in [5.74, 6) is 0.161. The molecule has 0 spiro atoms. The predicted octanol–water partition coefficient (Wildman–Crippen LogP) is 1.17. The average Bonchev–Trinajstić information content (AvgIpc) is 2.44. The summed E-state index contributed by atoms with van der Waals surface area (Å²) in [4.78, 5) is 9.77. The van der Waals surface area contributed by atoms with Gasteiger partial charge in [0.1, 0.15) is 0 Å². The number of nitro groups is 1. The lowest BCUT2D eigenvalue weighted by molar-refractivity contribution is -0.389. The van der Waals surface area contributed by atoms with Gasteiger partial charge in [0.15, 0.2) is 5.82 Å². The molecule has 0 fully saturated rings. The first kappa shape index (κ1) is 9.50. The monoisotopic (exact) mass is 184 g/mol. The van der Waals surface area contributed by atoms with E-state index in [1.807, 2.05) is 6.92 Å². The van der Waals surface area contributed by atoms with Crippen molar-refractivity contribution in [3.8, 4) is 0 Å². The molecule has 0 bridgehead atoms. The van der Waals surface area contributed by atoms with Crippen molar-refractivity contribution in [3.05, 3.63) is 16.2 Å². The minimum atomic E-state index is -0.543. The molecular formula is C7H12N4O2. The summed E-state index contributed by atoms with van der Waals surface area (Å²) in [7, 11) is 0.